The van der Waals surface area contributed by atoms with Gasteiger partial charge < -0.3 is 4.74 Å². The molecule has 0 aliphatic carbocycles. The molecule has 2 rings (SSSR count). The van der Waals surface area contributed by atoms with Crippen LogP contribution < -0.4 is 5.45 Å². The fourth-order valence-corrected chi connectivity index (χ4v) is 6.61. The molecule has 0 saturated carbocycles. The summed E-state index contributed by atoms with van der Waals surface area (Å²) in [5.74, 6) is -0.244. The van der Waals surface area contributed by atoms with E-state index in [1.54, 1.807) is 0 Å². The predicted molar refractivity (Wildman–Crippen MR) is 127 cm³/mol. The van der Waals surface area contributed by atoms with Crippen LogP contribution in [0, 0.1) is 0 Å². The Labute approximate surface area is 187 Å². The molecule has 1 aromatic carbocycles. The lowest BCUT2D eigenvalue weighted by Crippen LogP contribution is -2.56. The third kappa shape index (κ3) is 5.71. The van der Waals surface area contributed by atoms with Crippen LogP contribution >= 0.6 is 0 Å². The van der Waals surface area contributed by atoms with Gasteiger partial charge in [0.15, 0.2) is 5.78 Å². The average molecular weight is 466 g/mol. The molecule has 1 heterocycles. The molecule has 7 nitrogen and oxygen atoms in total. The molecule has 0 N–H and O–H groups in total. The standard InChI is InChI=1S/C22H35N3O4SSi/c1-22(2,3)31(6,7)21-23-16-19(25(21)30(27,28)24(4)5)20(26)14-11-15-29-17-18-12-9-8-10-13-18/h8-10,12-13,16H,11,14-15,17H2,1-7H3. The van der Waals surface area contributed by atoms with Gasteiger partial charge in [-0.2, -0.15) is 12.7 Å². The smallest absolute Gasteiger partial charge is 0.308 e. The van der Waals surface area contributed by atoms with Crippen LogP contribution in [-0.2, 0) is 21.6 Å². The van der Waals surface area contributed by atoms with E-state index in [2.05, 4.69) is 38.8 Å². The summed E-state index contributed by atoms with van der Waals surface area (Å²) in [4.78, 5) is 17.4. The molecule has 0 spiro atoms. The third-order valence-corrected chi connectivity index (χ3v) is 13.1. The maximum absolute atomic E-state index is 13.1. The van der Waals surface area contributed by atoms with Crippen molar-refractivity contribution in [1.29, 1.82) is 0 Å². The Hall–Kier alpha value is -1.81. The van der Waals surface area contributed by atoms with E-state index < -0.39 is 18.3 Å². The summed E-state index contributed by atoms with van der Waals surface area (Å²) in [6.45, 7) is 11.3. The topological polar surface area (TPSA) is 81.5 Å². The summed E-state index contributed by atoms with van der Waals surface area (Å²) in [6.07, 6.45) is 2.12. The Morgan fingerprint density at radius 2 is 1.77 bits per heavy atom. The molecular formula is C22H35N3O4SSi. The number of benzene rings is 1. The fraction of sp³-hybridized carbons (Fsp3) is 0.545. The van der Waals surface area contributed by atoms with Crippen LogP contribution in [0.2, 0.25) is 18.1 Å². The van der Waals surface area contributed by atoms with Crippen molar-refractivity contribution < 1.29 is 17.9 Å². The van der Waals surface area contributed by atoms with Gasteiger partial charge >= 0.3 is 10.2 Å². The Bertz CT molecular complexity index is 994. The molecule has 1 aromatic heterocycles. The quantitative estimate of drug-likeness (QED) is 0.305. The highest BCUT2D eigenvalue weighted by atomic mass is 32.2. The van der Waals surface area contributed by atoms with E-state index in [1.807, 2.05) is 30.3 Å². The van der Waals surface area contributed by atoms with Crippen LogP contribution in [0.3, 0.4) is 0 Å². The minimum absolute atomic E-state index is 0.122. The molecule has 0 atom stereocenters. The van der Waals surface area contributed by atoms with E-state index in [0.717, 1.165) is 9.87 Å². The van der Waals surface area contributed by atoms with Crippen molar-refractivity contribution in [2.45, 2.75) is 58.4 Å². The van der Waals surface area contributed by atoms with Gasteiger partial charge in [0.05, 0.1) is 12.8 Å². The van der Waals surface area contributed by atoms with Crippen molar-refractivity contribution in [3.05, 3.63) is 47.8 Å². The van der Waals surface area contributed by atoms with Gasteiger partial charge in [0, 0.05) is 27.1 Å². The monoisotopic (exact) mass is 465 g/mol. The summed E-state index contributed by atoms with van der Waals surface area (Å²) in [6, 6.07) is 9.82. The van der Waals surface area contributed by atoms with Crippen LogP contribution in [0.15, 0.2) is 36.5 Å². The minimum atomic E-state index is -3.88. The lowest BCUT2D eigenvalue weighted by Gasteiger charge is -2.36. The zero-order valence-corrected chi connectivity index (χ0v) is 21.5. The van der Waals surface area contributed by atoms with Crippen molar-refractivity contribution in [1.82, 2.24) is 13.3 Å². The van der Waals surface area contributed by atoms with E-state index >= 15 is 0 Å². The van der Waals surface area contributed by atoms with E-state index in [-0.39, 0.29) is 22.9 Å². The van der Waals surface area contributed by atoms with Crippen molar-refractivity contribution >= 4 is 29.5 Å². The summed E-state index contributed by atoms with van der Waals surface area (Å²) in [5, 5.41) is -0.135. The fourth-order valence-electron chi connectivity index (χ4n) is 2.90. The number of ether oxygens (including phenoxy) is 1. The number of carbonyl (C=O) groups is 1. The van der Waals surface area contributed by atoms with Crippen molar-refractivity contribution in [3.63, 3.8) is 0 Å². The highest BCUT2D eigenvalue weighted by molar-refractivity contribution is 7.87. The first-order valence-electron chi connectivity index (χ1n) is 10.5. The lowest BCUT2D eigenvalue weighted by atomic mass is 10.2. The zero-order valence-electron chi connectivity index (χ0n) is 19.7. The highest BCUT2D eigenvalue weighted by Crippen LogP contribution is 2.35. The summed E-state index contributed by atoms with van der Waals surface area (Å²) in [7, 11) is -3.27. The maximum Gasteiger partial charge on any atom is 0.308 e. The van der Waals surface area contributed by atoms with Gasteiger partial charge in [0.2, 0.25) is 0 Å². The number of imidazole rings is 1. The first kappa shape index (κ1) is 25.4. The van der Waals surface area contributed by atoms with Gasteiger partial charge in [0.1, 0.15) is 19.2 Å². The second-order valence-electron chi connectivity index (χ2n) is 9.46. The van der Waals surface area contributed by atoms with Gasteiger partial charge in [-0.1, -0.05) is 64.2 Å². The number of carbonyl (C=O) groups excluding carboxylic acids is 1. The Morgan fingerprint density at radius 1 is 1.16 bits per heavy atom. The normalized spacial score (nSPS) is 13.0. The molecule has 0 radical (unpaired) electrons. The number of ketones is 1. The van der Waals surface area contributed by atoms with Gasteiger partial charge in [-0.15, -0.1) is 0 Å². The maximum atomic E-state index is 13.1. The molecule has 0 aliphatic rings. The van der Waals surface area contributed by atoms with Crippen LogP contribution in [-0.4, -0.2) is 56.2 Å². The SMILES string of the molecule is CN(C)S(=O)(=O)n1c(C(=O)CCCOCc2ccccc2)cnc1[Si](C)(C)C(C)(C)C. The molecule has 0 amide bonds. The summed E-state index contributed by atoms with van der Waals surface area (Å²) in [5.41, 5.74) is 1.69. The largest absolute Gasteiger partial charge is 0.377 e. The van der Waals surface area contributed by atoms with Crippen LogP contribution in [0.1, 0.15) is 49.7 Å². The van der Waals surface area contributed by atoms with E-state index in [9.17, 15) is 13.2 Å². The Balaban J connectivity index is 2.20. The number of nitrogens with zero attached hydrogens (tertiary/aromatic N) is 3. The van der Waals surface area contributed by atoms with Gasteiger partial charge in [-0.05, 0) is 17.0 Å². The van der Waals surface area contributed by atoms with Crippen LogP contribution in [0.4, 0.5) is 0 Å². The van der Waals surface area contributed by atoms with Gasteiger partial charge in [0.25, 0.3) is 0 Å². The Morgan fingerprint density at radius 3 is 2.32 bits per heavy atom. The number of Topliss-reactive ketones (excluding diaryl/α,β-unsaturated/α-hetero) is 1. The summed E-state index contributed by atoms with van der Waals surface area (Å²) >= 11 is 0. The molecule has 0 fully saturated rings. The van der Waals surface area contributed by atoms with Crippen molar-refractivity contribution in [3.8, 4) is 0 Å². The molecule has 2 aromatic rings. The number of hydrogen-bond donors (Lipinski definition) is 0. The highest BCUT2D eigenvalue weighted by Gasteiger charge is 2.44. The van der Waals surface area contributed by atoms with E-state index in [0.29, 0.717) is 25.1 Å². The van der Waals surface area contributed by atoms with Crippen LogP contribution in [0.25, 0.3) is 0 Å². The second-order valence-corrected chi connectivity index (χ2v) is 16.6. The molecule has 172 valence electrons. The molecular weight excluding hydrogens is 430 g/mol. The molecule has 9 heteroatoms. The molecule has 0 bridgehead atoms. The van der Waals surface area contributed by atoms with Gasteiger partial charge in [-0.3, -0.25) is 4.79 Å². The molecule has 0 aliphatic heterocycles. The van der Waals surface area contributed by atoms with Crippen molar-refractivity contribution in [2.24, 2.45) is 0 Å². The molecule has 0 unspecified atom stereocenters. The molecule has 31 heavy (non-hydrogen) atoms. The van der Waals surface area contributed by atoms with Gasteiger partial charge in [-0.25, -0.2) is 8.96 Å². The second kappa shape index (κ2) is 9.77. The number of aromatic nitrogens is 2. The summed E-state index contributed by atoms with van der Waals surface area (Å²) < 4.78 is 34.2. The van der Waals surface area contributed by atoms with Crippen molar-refractivity contribution in [2.75, 3.05) is 20.7 Å². The van der Waals surface area contributed by atoms with E-state index in [4.69, 9.17) is 4.74 Å². The third-order valence-electron chi connectivity index (χ3n) is 5.94. The first-order valence-corrected chi connectivity index (χ1v) is 14.9. The predicted octanol–water partition coefficient (Wildman–Crippen LogP) is 3.43. The van der Waals surface area contributed by atoms with E-state index in [1.165, 1.54) is 24.3 Å². The first-order chi connectivity index (χ1) is 14.3. The average Bonchev–Trinajstić information content (AvgIpc) is 3.14. The number of rotatable bonds is 10. The Kier molecular flexibility index (Phi) is 8.02. The molecule has 0 saturated heterocycles. The minimum Gasteiger partial charge on any atom is -0.377 e. The zero-order chi connectivity index (χ0) is 23.4. The number of hydrogen-bond acceptors (Lipinski definition) is 5. The lowest BCUT2D eigenvalue weighted by molar-refractivity contribution is 0.0914. The van der Waals surface area contributed by atoms with Crippen LogP contribution in [0.5, 0.6) is 0 Å².